The lowest BCUT2D eigenvalue weighted by Crippen LogP contribution is -2.45. The molecule has 39 heavy (non-hydrogen) atoms. The number of thiol groups is 2. The Morgan fingerprint density at radius 3 is 1.10 bits per heavy atom. The molecule has 0 radical (unpaired) electrons. The summed E-state index contributed by atoms with van der Waals surface area (Å²) in [7, 11) is -2.30. The minimum Gasteiger partial charge on any atom is -0.481 e. The van der Waals surface area contributed by atoms with Crippen LogP contribution in [0.4, 0.5) is 9.59 Å². The number of carboxylic acids is 1. The lowest BCUT2D eigenvalue weighted by Gasteiger charge is -2.27. The smallest absolute Gasteiger partial charge is 0.481 e. The van der Waals surface area contributed by atoms with E-state index in [4.69, 9.17) is 28.0 Å². The molecule has 0 rings (SSSR count). The summed E-state index contributed by atoms with van der Waals surface area (Å²) in [6.07, 6.45) is 18.3. The fraction of sp³-hybridized carbons (Fsp3) is 0.889. The van der Waals surface area contributed by atoms with Gasteiger partial charge in [-0.2, -0.15) is 0 Å². The van der Waals surface area contributed by atoms with Gasteiger partial charge in [-0.15, -0.1) is 0 Å². The van der Waals surface area contributed by atoms with Gasteiger partial charge in [0.1, 0.15) is 0 Å². The van der Waals surface area contributed by atoms with E-state index < -0.39 is 25.3 Å². The molecule has 0 aliphatic heterocycles. The maximum absolute atomic E-state index is 10.3. The van der Waals surface area contributed by atoms with Crippen LogP contribution in [0.1, 0.15) is 131 Å². The fourth-order valence-electron chi connectivity index (χ4n) is 3.60. The second-order valence-corrected chi connectivity index (χ2v) is 12.4. The van der Waals surface area contributed by atoms with Gasteiger partial charge in [0.15, 0.2) is 0 Å². The first kappa shape index (κ1) is 45.2. The van der Waals surface area contributed by atoms with Crippen molar-refractivity contribution in [2.24, 2.45) is 11.5 Å². The van der Waals surface area contributed by atoms with Crippen LogP contribution >= 0.6 is 25.3 Å². The number of carbonyl (C=O) groups excluding carboxylic acids is 2. The molecular formula is C27H60N2O7S2Si. The van der Waals surface area contributed by atoms with Crippen LogP contribution in [0.2, 0.25) is 6.04 Å². The van der Waals surface area contributed by atoms with Crippen LogP contribution in [0, 0.1) is 0 Å². The largest absolute Gasteiger partial charge is 0.500 e. The van der Waals surface area contributed by atoms with Crippen LogP contribution in [0.15, 0.2) is 0 Å². The summed E-state index contributed by atoms with van der Waals surface area (Å²) in [4.78, 5) is 28.5. The first-order valence-corrected chi connectivity index (χ1v) is 17.4. The minimum atomic E-state index is -2.30. The highest BCUT2D eigenvalue weighted by Crippen LogP contribution is 2.17. The third-order valence-corrected chi connectivity index (χ3v) is 8.44. The van der Waals surface area contributed by atoms with E-state index in [9.17, 15) is 4.79 Å². The number of primary amides is 2. The molecule has 12 heteroatoms. The van der Waals surface area contributed by atoms with E-state index >= 15 is 0 Å². The van der Waals surface area contributed by atoms with E-state index in [1.165, 1.54) is 70.6 Å². The zero-order valence-corrected chi connectivity index (χ0v) is 28.2. The SMILES string of the molecule is CCCCCCCCCCCCCCCC(=O)O.CCC[Si](OCC)(OCC)OCC.NC(=O)S.NC(=O)S. The van der Waals surface area contributed by atoms with Gasteiger partial charge < -0.3 is 29.9 Å². The number of nitrogens with two attached hydrogens (primary N) is 2. The molecular weight excluding hydrogens is 557 g/mol. The Kier molecular flexibility index (Phi) is 43.1. The Balaban J connectivity index is -0.000000252. The molecule has 2 amide bonds. The Hall–Kier alpha value is -0.793. The summed E-state index contributed by atoms with van der Waals surface area (Å²) < 4.78 is 16.9. The summed E-state index contributed by atoms with van der Waals surface area (Å²) in [6, 6.07) is 0.919. The molecule has 0 heterocycles. The van der Waals surface area contributed by atoms with Crippen LogP contribution in [0.25, 0.3) is 0 Å². The maximum atomic E-state index is 10.3. The van der Waals surface area contributed by atoms with Crippen molar-refractivity contribution >= 4 is 50.5 Å². The normalized spacial score (nSPS) is 10.2. The highest BCUT2D eigenvalue weighted by Gasteiger charge is 2.38. The number of hydrogen-bond donors (Lipinski definition) is 5. The van der Waals surface area contributed by atoms with Crippen LogP contribution in [0.5, 0.6) is 0 Å². The van der Waals surface area contributed by atoms with E-state index in [1.807, 2.05) is 20.8 Å². The summed E-state index contributed by atoms with van der Waals surface area (Å²) >= 11 is 6.21. The van der Waals surface area contributed by atoms with E-state index in [0.717, 1.165) is 25.3 Å². The molecule has 0 aromatic rings. The second-order valence-electron chi connectivity index (χ2n) is 8.79. The highest BCUT2D eigenvalue weighted by molar-refractivity contribution is 7.96. The van der Waals surface area contributed by atoms with Gasteiger partial charge in [-0.05, 0) is 27.2 Å². The van der Waals surface area contributed by atoms with Crippen molar-refractivity contribution in [2.75, 3.05) is 19.8 Å². The molecule has 0 aliphatic rings. The maximum Gasteiger partial charge on any atom is 0.500 e. The van der Waals surface area contributed by atoms with E-state index in [2.05, 4.69) is 50.6 Å². The Labute approximate surface area is 251 Å². The monoisotopic (exact) mass is 616 g/mol. The number of aliphatic carboxylic acids is 1. The van der Waals surface area contributed by atoms with Crippen molar-refractivity contribution in [3.63, 3.8) is 0 Å². The first-order chi connectivity index (χ1) is 18.5. The molecule has 0 saturated heterocycles. The molecule has 0 fully saturated rings. The average molecular weight is 617 g/mol. The van der Waals surface area contributed by atoms with Crippen molar-refractivity contribution < 1.29 is 32.8 Å². The predicted molar refractivity (Wildman–Crippen MR) is 171 cm³/mol. The van der Waals surface area contributed by atoms with Crippen LogP contribution in [-0.2, 0) is 18.1 Å². The average Bonchev–Trinajstić information content (AvgIpc) is 2.82. The molecule has 9 nitrogen and oxygen atoms in total. The number of hydrogen-bond acceptors (Lipinski definition) is 6. The van der Waals surface area contributed by atoms with Crippen LogP contribution in [0.3, 0.4) is 0 Å². The van der Waals surface area contributed by atoms with Gasteiger partial charge in [0.05, 0.1) is 0 Å². The zero-order valence-electron chi connectivity index (χ0n) is 25.4. The van der Waals surface area contributed by atoms with Gasteiger partial charge in [0.2, 0.25) is 0 Å². The van der Waals surface area contributed by atoms with Gasteiger partial charge in [-0.3, -0.25) is 14.4 Å². The number of rotatable bonds is 22. The standard InChI is InChI=1S/C16H32O2.C9H22O3Si.2CH3NOS/c1-2-3-4-5-6-7-8-9-10-11-12-13-14-15-16(17)18;1-5-9-13(10-6-2,11-7-3)12-8-4;2*2-1(3)4/h2-15H2,1H3,(H,17,18);5-9H2,1-4H3;2*(H3,2,3,4). The quantitative estimate of drug-likeness (QED) is 0.0470. The van der Waals surface area contributed by atoms with Crippen LogP contribution < -0.4 is 11.5 Å². The summed E-state index contributed by atoms with van der Waals surface area (Å²) in [5, 5.41) is 7.21. The molecule has 5 N–H and O–H groups in total. The number of amides is 2. The van der Waals surface area contributed by atoms with Crippen LogP contribution in [-0.4, -0.2) is 50.2 Å². The summed E-state index contributed by atoms with van der Waals surface area (Å²) in [5.74, 6) is -0.655. The number of carbonyl (C=O) groups is 3. The molecule has 0 aromatic carbocycles. The first-order valence-electron chi connectivity index (χ1n) is 14.6. The molecule has 0 bridgehead atoms. The highest BCUT2D eigenvalue weighted by atomic mass is 32.1. The molecule has 0 spiro atoms. The topological polar surface area (TPSA) is 151 Å². The van der Waals surface area contributed by atoms with Gasteiger partial charge >= 0.3 is 14.8 Å². The second kappa shape index (κ2) is 37.2. The Morgan fingerprint density at radius 2 is 0.872 bits per heavy atom. The minimum absolute atomic E-state index is 0.345. The lowest BCUT2D eigenvalue weighted by atomic mass is 10.0. The molecule has 0 aromatic heterocycles. The van der Waals surface area contributed by atoms with Gasteiger partial charge in [0.25, 0.3) is 10.5 Å². The molecule has 0 atom stereocenters. The zero-order chi connectivity index (χ0) is 30.8. The third kappa shape index (κ3) is 50.5. The summed E-state index contributed by atoms with van der Waals surface area (Å²) in [5.41, 5.74) is 8.67. The van der Waals surface area contributed by atoms with Gasteiger partial charge in [0, 0.05) is 32.3 Å². The molecule has 0 aliphatic carbocycles. The van der Waals surface area contributed by atoms with Crippen molar-refractivity contribution in [1.82, 2.24) is 0 Å². The molecule has 236 valence electrons. The van der Waals surface area contributed by atoms with E-state index in [1.54, 1.807) is 0 Å². The Morgan fingerprint density at radius 1 is 0.590 bits per heavy atom. The van der Waals surface area contributed by atoms with Crippen molar-refractivity contribution in [2.45, 2.75) is 137 Å². The van der Waals surface area contributed by atoms with Crippen molar-refractivity contribution in [1.29, 1.82) is 0 Å². The number of unbranched alkanes of at least 4 members (excludes halogenated alkanes) is 12. The lowest BCUT2D eigenvalue weighted by molar-refractivity contribution is -0.137. The van der Waals surface area contributed by atoms with Gasteiger partial charge in [-0.1, -0.05) is 123 Å². The third-order valence-electron chi connectivity index (χ3n) is 5.14. The predicted octanol–water partition coefficient (Wildman–Crippen LogP) is 7.99. The molecule has 0 saturated carbocycles. The number of carboxylic acid groups (broad SMARTS) is 1. The molecule has 0 unspecified atom stereocenters. The van der Waals surface area contributed by atoms with E-state index in [-0.39, 0.29) is 0 Å². The van der Waals surface area contributed by atoms with Crippen molar-refractivity contribution in [3.05, 3.63) is 0 Å². The van der Waals surface area contributed by atoms with E-state index in [0.29, 0.717) is 26.2 Å². The Bertz CT molecular complexity index is 499. The van der Waals surface area contributed by atoms with Gasteiger partial charge in [-0.25, -0.2) is 0 Å². The summed E-state index contributed by atoms with van der Waals surface area (Å²) in [6.45, 7) is 12.3. The fourth-order valence-corrected chi connectivity index (χ4v) is 6.22. The van der Waals surface area contributed by atoms with Crippen molar-refractivity contribution in [3.8, 4) is 0 Å².